The van der Waals surface area contributed by atoms with Crippen LogP contribution in [0.1, 0.15) is 50.3 Å². The molecular formula is C19H25F2NO4S. The quantitative estimate of drug-likeness (QED) is 0.719. The summed E-state index contributed by atoms with van der Waals surface area (Å²) in [4.78, 5) is 0. The average molecular weight is 401 g/mol. The van der Waals surface area contributed by atoms with Crippen molar-refractivity contribution in [1.29, 1.82) is 0 Å². The number of sulfonamides is 1. The zero-order valence-electron chi connectivity index (χ0n) is 15.2. The first-order valence-electron chi connectivity index (χ1n) is 9.31. The average Bonchev–Trinajstić information content (AvgIpc) is 2.49. The summed E-state index contributed by atoms with van der Waals surface area (Å²) in [5.41, 5.74) is -1.42. The van der Waals surface area contributed by atoms with Crippen LogP contribution in [0.3, 0.4) is 0 Å². The number of alkyl halides is 1. The molecule has 2 N–H and O–H groups in total. The topological polar surface area (TPSA) is 75.6 Å². The summed E-state index contributed by atoms with van der Waals surface area (Å²) in [5, 5.41) is 9.83. The molecule has 150 valence electrons. The molecule has 4 bridgehead atoms. The van der Waals surface area contributed by atoms with E-state index in [0.717, 1.165) is 31.6 Å². The molecule has 4 fully saturated rings. The fourth-order valence-electron chi connectivity index (χ4n) is 5.83. The second-order valence-corrected chi connectivity index (χ2v) is 10.7. The molecule has 1 aromatic rings. The molecule has 0 heterocycles. The van der Waals surface area contributed by atoms with Gasteiger partial charge in [0.1, 0.15) is 23.5 Å². The van der Waals surface area contributed by atoms with Gasteiger partial charge >= 0.3 is 0 Å². The lowest BCUT2D eigenvalue weighted by molar-refractivity contribution is -0.136. The second kappa shape index (κ2) is 6.39. The summed E-state index contributed by atoms with van der Waals surface area (Å²) in [6, 6.07) is 3.93. The van der Waals surface area contributed by atoms with Crippen LogP contribution < -0.4 is 9.46 Å². The number of hydrogen-bond donors (Lipinski definition) is 2. The van der Waals surface area contributed by atoms with Gasteiger partial charge in [-0.25, -0.2) is 17.2 Å². The Morgan fingerprint density at radius 1 is 1.30 bits per heavy atom. The van der Waals surface area contributed by atoms with Gasteiger partial charge in [0.05, 0.1) is 12.9 Å². The molecule has 4 aliphatic rings. The van der Waals surface area contributed by atoms with Gasteiger partial charge < -0.3 is 9.84 Å². The number of halogens is 2. The van der Waals surface area contributed by atoms with Crippen molar-refractivity contribution < 1.29 is 27.0 Å². The lowest BCUT2D eigenvalue weighted by Gasteiger charge is -2.58. The van der Waals surface area contributed by atoms with E-state index in [9.17, 15) is 22.3 Å². The molecule has 4 saturated carbocycles. The number of rotatable bonds is 6. The van der Waals surface area contributed by atoms with Gasteiger partial charge in [-0.3, -0.25) is 0 Å². The molecule has 27 heavy (non-hydrogen) atoms. The van der Waals surface area contributed by atoms with E-state index in [2.05, 4.69) is 0 Å². The Balaban J connectivity index is 1.44. The van der Waals surface area contributed by atoms with E-state index in [0.29, 0.717) is 43.5 Å². The number of nitrogens with one attached hydrogen (secondary N) is 1. The third-order valence-corrected chi connectivity index (χ3v) is 6.90. The minimum Gasteiger partial charge on any atom is -0.493 e. The second-order valence-electron chi connectivity index (χ2n) is 8.88. The largest absolute Gasteiger partial charge is 0.493 e. The zero-order chi connectivity index (χ0) is 19.4. The Morgan fingerprint density at radius 3 is 2.52 bits per heavy atom. The van der Waals surface area contributed by atoms with Gasteiger partial charge in [-0.2, -0.15) is 4.72 Å². The maximum Gasteiger partial charge on any atom is 0.211 e. The third-order valence-electron chi connectivity index (χ3n) is 6.25. The van der Waals surface area contributed by atoms with Gasteiger partial charge in [0.2, 0.25) is 10.0 Å². The maximum atomic E-state index is 15.0. The zero-order valence-corrected chi connectivity index (χ0v) is 16.1. The van der Waals surface area contributed by atoms with Gasteiger partial charge in [0.25, 0.3) is 0 Å². The molecule has 0 radical (unpaired) electrons. The van der Waals surface area contributed by atoms with E-state index >= 15 is 0 Å². The molecular weight excluding hydrogens is 376 g/mol. The van der Waals surface area contributed by atoms with Crippen LogP contribution in [0.15, 0.2) is 18.2 Å². The van der Waals surface area contributed by atoms with Gasteiger partial charge in [-0.15, -0.1) is 0 Å². The molecule has 3 unspecified atom stereocenters. The first-order valence-corrected chi connectivity index (χ1v) is 11.2. The van der Waals surface area contributed by atoms with Crippen molar-refractivity contribution in [3.8, 4) is 5.75 Å². The van der Waals surface area contributed by atoms with Gasteiger partial charge in [0, 0.05) is 17.0 Å². The first-order chi connectivity index (χ1) is 12.5. The van der Waals surface area contributed by atoms with Crippen molar-refractivity contribution in [3.05, 3.63) is 29.6 Å². The van der Waals surface area contributed by atoms with Crippen molar-refractivity contribution in [2.75, 3.05) is 12.9 Å². The molecule has 0 aromatic heterocycles. The number of hydrogen-bond acceptors (Lipinski definition) is 4. The van der Waals surface area contributed by atoms with E-state index in [1.54, 1.807) is 0 Å². The molecule has 5 rings (SSSR count). The van der Waals surface area contributed by atoms with Gasteiger partial charge in [0.15, 0.2) is 0 Å². The van der Waals surface area contributed by atoms with E-state index < -0.39 is 27.7 Å². The Morgan fingerprint density at radius 2 is 1.96 bits per heavy atom. The van der Waals surface area contributed by atoms with Crippen LogP contribution in [-0.4, -0.2) is 32.1 Å². The van der Waals surface area contributed by atoms with Crippen LogP contribution in [-0.2, 0) is 10.0 Å². The lowest BCUT2D eigenvalue weighted by Crippen LogP contribution is -2.55. The van der Waals surface area contributed by atoms with Crippen molar-refractivity contribution >= 4 is 10.0 Å². The highest BCUT2D eigenvalue weighted by Gasteiger charge is 2.58. The van der Waals surface area contributed by atoms with Crippen LogP contribution in [0, 0.1) is 23.1 Å². The summed E-state index contributed by atoms with van der Waals surface area (Å²) >= 11 is 0. The van der Waals surface area contributed by atoms with Gasteiger partial charge in [-0.1, -0.05) is 0 Å². The summed E-state index contributed by atoms with van der Waals surface area (Å²) in [6.07, 6.45) is 4.11. The van der Waals surface area contributed by atoms with Crippen molar-refractivity contribution in [1.82, 2.24) is 4.72 Å². The Bertz CT molecular complexity index is 830. The highest BCUT2D eigenvalue weighted by Crippen LogP contribution is 2.62. The minimum atomic E-state index is -3.67. The molecule has 8 heteroatoms. The fraction of sp³-hybridized carbons (Fsp3) is 0.684. The standard InChI is InChI=1S/C19H25F2NO4S/c1-27(24,25)22-17(23)15-3-2-14(5-16(15)20)26-11-18-6-12-4-13(7-18)9-19(21,8-12)10-18/h2-3,5,12-13,17,22-23H,4,6-11H2,1H3. The predicted molar refractivity (Wildman–Crippen MR) is 95.8 cm³/mol. The summed E-state index contributed by atoms with van der Waals surface area (Å²) in [5.74, 6) is 0.391. The van der Waals surface area contributed by atoms with Crippen LogP contribution in [0.2, 0.25) is 0 Å². The van der Waals surface area contributed by atoms with Crippen LogP contribution in [0.4, 0.5) is 8.78 Å². The van der Waals surface area contributed by atoms with Crippen molar-refractivity contribution in [3.63, 3.8) is 0 Å². The molecule has 0 saturated heterocycles. The van der Waals surface area contributed by atoms with Crippen LogP contribution in [0.25, 0.3) is 0 Å². The van der Waals surface area contributed by atoms with E-state index in [4.69, 9.17) is 4.74 Å². The smallest absolute Gasteiger partial charge is 0.211 e. The predicted octanol–water partition coefficient (Wildman–Crippen LogP) is 3.05. The Labute approximate surface area is 158 Å². The van der Waals surface area contributed by atoms with Crippen molar-refractivity contribution in [2.24, 2.45) is 17.3 Å². The molecule has 0 aliphatic heterocycles. The molecule has 5 nitrogen and oxygen atoms in total. The van der Waals surface area contributed by atoms with Crippen molar-refractivity contribution in [2.45, 2.75) is 50.4 Å². The number of benzene rings is 1. The van der Waals surface area contributed by atoms with E-state index in [1.165, 1.54) is 12.1 Å². The highest BCUT2D eigenvalue weighted by molar-refractivity contribution is 7.88. The number of aliphatic hydroxyl groups is 1. The Hall–Kier alpha value is -1.25. The van der Waals surface area contributed by atoms with E-state index in [1.807, 2.05) is 4.72 Å². The first kappa shape index (κ1) is 19.1. The maximum absolute atomic E-state index is 15.0. The minimum absolute atomic E-state index is 0.175. The summed E-state index contributed by atoms with van der Waals surface area (Å²) in [6.45, 7) is 0.356. The fourth-order valence-corrected chi connectivity index (χ4v) is 6.36. The Kier molecular flexibility index (Phi) is 4.51. The molecule has 0 amide bonds. The molecule has 1 aromatic carbocycles. The monoisotopic (exact) mass is 401 g/mol. The lowest BCUT2D eigenvalue weighted by atomic mass is 9.49. The van der Waals surface area contributed by atoms with E-state index in [-0.39, 0.29) is 11.0 Å². The number of ether oxygens (including phenoxy) is 1. The number of aliphatic hydroxyl groups excluding tert-OH is 1. The summed E-state index contributed by atoms with van der Waals surface area (Å²) in [7, 11) is -3.67. The highest BCUT2D eigenvalue weighted by atomic mass is 32.2. The summed E-state index contributed by atoms with van der Waals surface area (Å²) < 4.78 is 59.4. The third kappa shape index (κ3) is 3.98. The van der Waals surface area contributed by atoms with Gasteiger partial charge in [-0.05, 0) is 62.5 Å². The molecule has 4 aliphatic carbocycles. The molecule has 0 spiro atoms. The van der Waals surface area contributed by atoms with Crippen LogP contribution >= 0.6 is 0 Å². The normalized spacial score (nSPS) is 36.0. The van der Waals surface area contributed by atoms with Crippen LogP contribution in [0.5, 0.6) is 5.75 Å². The molecule has 3 atom stereocenters. The SMILES string of the molecule is CS(=O)(=O)NC(O)c1ccc(OCC23CC4CC(CC(F)(C4)C2)C3)cc1F.